The average Bonchev–Trinajstić information content (AvgIpc) is 3.33. The molecule has 1 aliphatic rings. The van der Waals surface area contributed by atoms with Crippen molar-refractivity contribution in [2.24, 2.45) is 12.0 Å². The minimum atomic E-state index is 0. The summed E-state index contributed by atoms with van der Waals surface area (Å²) in [5, 5.41) is 14.8. The van der Waals surface area contributed by atoms with Crippen LogP contribution in [0.2, 0.25) is 0 Å². The molecule has 1 fully saturated rings. The number of piperidine rings is 1. The minimum absolute atomic E-state index is 0. The Labute approximate surface area is 177 Å². The molecular formula is C18H30IN7O. The Balaban J connectivity index is 0.00000261. The predicted molar refractivity (Wildman–Crippen MR) is 116 cm³/mol. The lowest BCUT2D eigenvalue weighted by atomic mass is 10.1. The van der Waals surface area contributed by atoms with E-state index in [1.54, 1.807) is 12.6 Å². The van der Waals surface area contributed by atoms with Gasteiger partial charge in [0, 0.05) is 20.1 Å². The van der Waals surface area contributed by atoms with Gasteiger partial charge in [-0.15, -0.1) is 34.2 Å². The SMILES string of the molecule is CCNC(=NCc1nncn1C)NCC(c1ccco1)N1CCCCC1.I. The van der Waals surface area contributed by atoms with Gasteiger partial charge < -0.3 is 19.6 Å². The second kappa shape index (κ2) is 11.3. The molecule has 3 heterocycles. The number of nitrogens with one attached hydrogen (secondary N) is 2. The maximum atomic E-state index is 5.71. The van der Waals surface area contributed by atoms with Crippen molar-refractivity contribution in [2.75, 3.05) is 26.2 Å². The van der Waals surface area contributed by atoms with Gasteiger partial charge >= 0.3 is 0 Å². The Bertz CT molecular complexity index is 680. The van der Waals surface area contributed by atoms with E-state index < -0.39 is 0 Å². The summed E-state index contributed by atoms with van der Waals surface area (Å²) in [5.74, 6) is 2.62. The second-order valence-electron chi connectivity index (χ2n) is 6.56. The van der Waals surface area contributed by atoms with Crippen LogP contribution in [0.1, 0.15) is 43.8 Å². The van der Waals surface area contributed by atoms with E-state index in [4.69, 9.17) is 4.42 Å². The van der Waals surface area contributed by atoms with E-state index in [2.05, 4.69) is 43.7 Å². The summed E-state index contributed by atoms with van der Waals surface area (Å²) in [6.07, 6.45) is 7.25. The second-order valence-corrected chi connectivity index (χ2v) is 6.56. The summed E-state index contributed by atoms with van der Waals surface area (Å²) in [6.45, 7) is 6.33. The fourth-order valence-corrected chi connectivity index (χ4v) is 3.26. The number of guanidine groups is 1. The van der Waals surface area contributed by atoms with Crippen LogP contribution in [0.3, 0.4) is 0 Å². The van der Waals surface area contributed by atoms with Gasteiger partial charge in [-0.3, -0.25) is 4.90 Å². The highest BCUT2D eigenvalue weighted by Crippen LogP contribution is 2.24. The van der Waals surface area contributed by atoms with Crippen LogP contribution < -0.4 is 10.6 Å². The van der Waals surface area contributed by atoms with E-state index in [1.165, 1.54) is 19.3 Å². The molecule has 1 unspecified atom stereocenters. The van der Waals surface area contributed by atoms with Crippen LogP contribution >= 0.6 is 24.0 Å². The van der Waals surface area contributed by atoms with Crippen LogP contribution in [0.15, 0.2) is 34.1 Å². The van der Waals surface area contributed by atoms with Crippen LogP contribution in [0.5, 0.6) is 0 Å². The van der Waals surface area contributed by atoms with Crippen molar-refractivity contribution in [1.82, 2.24) is 30.3 Å². The first kappa shape index (κ1) is 21.7. The molecule has 0 saturated carbocycles. The number of likely N-dealkylation sites (tertiary alicyclic amines) is 1. The summed E-state index contributed by atoms with van der Waals surface area (Å²) in [7, 11) is 1.93. The number of nitrogens with zero attached hydrogens (tertiary/aromatic N) is 5. The van der Waals surface area contributed by atoms with Crippen molar-refractivity contribution in [3.63, 3.8) is 0 Å². The van der Waals surface area contributed by atoms with E-state index in [-0.39, 0.29) is 30.0 Å². The van der Waals surface area contributed by atoms with Crippen molar-refractivity contribution >= 4 is 29.9 Å². The lowest BCUT2D eigenvalue weighted by Crippen LogP contribution is -2.44. The molecule has 0 aromatic carbocycles. The van der Waals surface area contributed by atoms with Gasteiger partial charge in [0.1, 0.15) is 18.6 Å². The van der Waals surface area contributed by atoms with Crippen molar-refractivity contribution in [3.05, 3.63) is 36.3 Å². The summed E-state index contributed by atoms with van der Waals surface area (Å²) < 4.78 is 7.59. The molecular weight excluding hydrogens is 457 g/mol. The topological polar surface area (TPSA) is 83.5 Å². The normalized spacial score (nSPS) is 16.6. The molecule has 150 valence electrons. The van der Waals surface area contributed by atoms with Gasteiger partial charge in [0.2, 0.25) is 0 Å². The zero-order chi connectivity index (χ0) is 18.2. The molecule has 1 saturated heterocycles. The molecule has 2 aromatic heterocycles. The monoisotopic (exact) mass is 487 g/mol. The first-order valence-corrected chi connectivity index (χ1v) is 9.40. The fraction of sp³-hybridized carbons (Fsp3) is 0.611. The average molecular weight is 487 g/mol. The van der Waals surface area contributed by atoms with Crippen molar-refractivity contribution in [2.45, 2.75) is 38.8 Å². The van der Waals surface area contributed by atoms with E-state index >= 15 is 0 Å². The number of aryl methyl sites for hydroxylation is 1. The third-order valence-electron chi connectivity index (χ3n) is 4.69. The van der Waals surface area contributed by atoms with Crippen molar-refractivity contribution < 1.29 is 4.42 Å². The van der Waals surface area contributed by atoms with Gasteiger partial charge in [0.15, 0.2) is 11.8 Å². The molecule has 0 spiro atoms. The third-order valence-corrected chi connectivity index (χ3v) is 4.69. The molecule has 0 radical (unpaired) electrons. The van der Waals surface area contributed by atoms with Crippen LogP contribution in [-0.4, -0.2) is 51.8 Å². The molecule has 3 rings (SSSR count). The van der Waals surface area contributed by atoms with Crippen LogP contribution in [0.4, 0.5) is 0 Å². The molecule has 0 aliphatic carbocycles. The standard InChI is InChI=1S/C18H29N7O.HI/c1-3-19-18(21-13-17-23-22-14-24(17)2)20-12-15(16-8-7-11-26-16)25-9-5-4-6-10-25;/h7-8,11,14-15H,3-6,9-10,12-13H2,1-2H3,(H2,19,20,21);1H. The van der Waals surface area contributed by atoms with Crippen LogP contribution in [0.25, 0.3) is 0 Å². The number of furan rings is 1. The van der Waals surface area contributed by atoms with E-state index in [0.717, 1.165) is 43.7 Å². The lowest BCUT2D eigenvalue weighted by Gasteiger charge is -2.33. The van der Waals surface area contributed by atoms with Gasteiger partial charge in [0.25, 0.3) is 0 Å². The van der Waals surface area contributed by atoms with Gasteiger partial charge in [-0.1, -0.05) is 6.42 Å². The molecule has 9 heteroatoms. The summed E-state index contributed by atoms with van der Waals surface area (Å²) >= 11 is 0. The Hall–Kier alpha value is -1.62. The third kappa shape index (κ3) is 6.20. The lowest BCUT2D eigenvalue weighted by molar-refractivity contribution is 0.146. The van der Waals surface area contributed by atoms with Gasteiger partial charge in [-0.25, -0.2) is 4.99 Å². The smallest absolute Gasteiger partial charge is 0.191 e. The zero-order valence-electron chi connectivity index (χ0n) is 16.1. The highest BCUT2D eigenvalue weighted by Gasteiger charge is 2.24. The Morgan fingerprint density at radius 1 is 1.30 bits per heavy atom. The van der Waals surface area contributed by atoms with Crippen molar-refractivity contribution in [3.8, 4) is 0 Å². The van der Waals surface area contributed by atoms with Gasteiger partial charge in [0.05, 0.1) is 12.3 Å². The Morgan fingerprint density at radius 3 is 2.74 bits per heavy atom. The highest BCUT2D eigenvalue weighted by atomic mass is 127. The first-order valence-electron chi connectivity index (χ1n) is 9.40. The molecule has 0 bridgehead atoms. The number of aliphatic imine (C=N–C) groups is 1. The van der Waals surface area contributed by atoms with Gasteiger partial charge in [-0.2, -0.15) is 0 Å². The number of halogens is 1. The number of aromatic nitrogens is 3. The molecule has 27 heavy (non-hydrogen) atoms. The molecule has 1 atom stereocenters. The Morgan fingerprint density at radius 2 is 2.11 bits per heavy atom. The highest BCUT2D eigenvalue weighted by molar-refractivity contribution is 14.0. The predicted octanol–water partition coefficient (Wildman–Crippen LogP) is 2.31. The first-order chi connectivity index (χ1) is 12.8. The van der Waals surface area contributed by atoms with Crippen LogP contribution in [-0.2, 0) is 13.6 Å². The molecule has 1 aliphatic heterocycles. The van der Waals surface area contributed by atoms with Crippen molar-refractivity contribution in [1.29, 1.82) is 0 Å². The van der Waals surface area contributed by atoms with E-state index in [0.29, 0.717) is 6.54 Å². The largest absolute Gasteiger partial charge is 0.468 e. The number of rotatable bonds is 7. The molecule has 2 N–H and O–H groups in total. The molecule has 2 aromatic rings. The quantitative estimate of drug-likeness (QED) is 0.355. The Kier molecular flexibility index (Phi) is 9.05. The minimum Gasteiger partial charge on any atom is -0.468 e. The summed E-state index contributed by atoms with van der Waals surface area (Å²) in [6, 6.07) is 4.23. The fourth-order valence-electron chi connectivity index (χ4n) is 3.26. The summed E-state index contributed by atoms with van der Waals surface area (Å²) in [5.41, 5.74) is 0. The molecule has 0 amide bonds. The summed E-state index contributed by atoms with van der Waals surface area (Å²) in [4.78, 5) is 7.14. The van der Waals surface area contributed by atoms with E-state index in [1.807, 2.05) is 17.7 Å². The van der Waals surface area contributed by atoms with Crippen LogP contribution in [0, 0.1) is 0 Å². The zero-order valence-corrected chi connectivity index (χ0v) is 18.4. The molecule has 8 nitrogen and oxygen atoms in total. The van der Waals surface area contributed by atoms with E-state index in [9.17, 15) is 0 Å². The maximum Gasteiger partial charge on any atom is 0.191 e. The number of hydrogen-bond acceptors (Lipinski definition) is 5. The van der Waals surface area contributed by atoms with Gasteiger partial charge in [-0.05, 0) is 45.0 Å². The number of hydrogen-bond donors (Lipinski definition) is 2. The maximum absolute atomic E-state index is 5.71.